The van der Waals surface area contributed by atoms with Crippen molar-refractivity contribution in [1.29, 1.82) is 0 Å². The van der Waals surface area contributed by atoms with Gasteiger partial charge in [0.05, 0.1) is 17.1 Å². The Bertz CT molecular complexity index is 180. The van der Waals surface area contributed by atoms with Gasteiger partial charge in [-0.05, 0) is 45.4 Å². The van der Waals surface area contributed by atoms with Crippen LogP contribution in [0.5, 0.6) is 0 Å². The molecule has 0 atom stereocenters. The van der Waals surface area contributed by atoms with Crippen molar-refractivity contribution in [2.75, 3.05) is 5.88 Å². The molecule has 0 spiro atoms. The second-order valence-electron chi connectivity index (χ2n) is 4.80. The summed E-state index contributed by atoms with van der Waals surface area (Å²) in [5.41, 5.74) is 0.102. The Morgan fingerprint density at radius 2 is 1.92 bits per heavy atom. The lowest BCUT2D eigenvalue weighted by Crippen LogP contribution is -2.56. The van der Waals surface area contributed by atoms with E-state index in [1.54, 1.807) is 0 Å². The van der Waals surface area contributed by atoms with Crippen LogP contribution in [-0.2, 0) is 4.74 Å². The van der Waals surface area contributed by atoms with E-state index < -0.39 is 0 Å². The minimum Gasteiger partial charge on any atom is -0.368 e. The maximum atomic E-state index is 6.08. The van der Waals surface area contributed by atoms with Crippen molar-refractivity contribution in [3.05, 3.63) is 0 Å². The molecule has 70 valence electrons. The molecule has 2 heteroatoms. The van der Waals surface area contributed by atoms with Crippen molar-refractivity contribution in [2.45, 2.75) is 50.7 Å². The summed E-state index contributed by atoms with van der Waals surface area (Å²) in [5.74, 6) is 1.44. The Hall–Kier alpha value is 0.250. The van der Waals surface area contributed by atoms with E-state index in [1.807, 2.05) is 0 Å². The van der Waals surface area contributed by atoms with Gasteiger partial charge in [-0.15, -0.1) is 11.6 Å². The van der Waals surface area contributed by atoms with Crippen LogP contribution in [0.3, 0.4) is 0 Å². The predicted molar refractivity (Wildman–Crippen MR) is 50.6 cm³/mol. The molecule has 3 fully saturated rings. The molecular weight excluding hydrogens is 172 g/mol. The quantitative estimate of drug-likeness (QED) is 0.575. The molecule has 0 aromatic heterocycles. The first-order chi connectivity index (χ1) is 5.58. The van der Waals surface area contributed by atoms with Gasteiger partial charge >= 0.3 is 0 Å². The highest BCUT2D eigenvalue weighted by atomic mass is 35.5. The number of ether oxygens (including phenoxy) is 1. The first kappa shape index (κ1) is 8.83. The molecule has 2 aliphatic heterocycles. The molecular formula is C10H17ClO. The molecule has 1 aliphatic carbocycles. The molecule has 1 saturated carbocycles. The van der Waals surface area contributed by atoms with Gasteiger partial charge in [-0.1, -0.05) is 0 Å². The van der Waals surface area contributed by atoms with E-state index in [-0.39, 0.29) is 11.2 Å². The number of hydrogen-bond acceptors (Lipinski definition) is 1. The zero-order valence-corrected chi connectivity index (χ0v) is 8.66. The fraction of sp³-hybridized carbons (Fsp3) is 1.00. The monoisotopic (exact) mass is 188 g/mol. The maximum Gasteiger partial charge on any atom is 0.0824 e. The van der Waals surface area contributed by atoms with Crippen LogP contribution >= 0.6 is 11.6 Å². The average molecular weight is 189 g/mol. The molecule has 0 aromatic carbocycles. The van der Waals surface area contributed by atoms with Gasteiger partial charge in [0.1, 0.15) is 0 Å². The molecule has 3 aliphatic rings. The topological polar surface area (TPSA) is 9.23 Å². The largest absolute Gasteiger partial charge is 0.368 e. The highest BCUT2D eigenvalue weighted by Gasteiger charge is 2.50. The van der Waals surface area contributed by atoms with Crippen molar-refractivity contribution in [1.82, 2.24) is 0 Å². The highest BCUT2D eigenvalue weighted by Crippen LogP contribution is 2.49. The second-order valence-corrected chi connectivity index (χ2v) is 5.06. The van der Waals surface area contributed by atoms with Gasteiger partial charge < -0.3 is 4.74 Å². The van der Waals surface area contributed by atoms with E-state index >= 15 is 0 Å². The number of alkyl halides is 1. The van der Waals surface area contributed by atoms with E-state index in [1.165, 1.54) is 25.7 Å². The van der Waals surface area contributed by atoms with E-state index in [0.29, 0.717) is 5.88 Å². The third kappa shape index (κ3) is 1.18. The van der Waals surface area contributed by atoms with E-state index in [0.717, 1.165) is 5.92 Å². The Kier molecular flexibility index (Phi) is 1.93. The summed E-state index contributed by atoms with van der Waals surface area (Å²) < 4.78 is 6.08. The van der Waals surface area contributed by atoms with Crippen LogP contribution in [-0.4, -0.2) is 17.1 Å². The summed E-state index contributed by atoms with van der Waals surface area (Å²) in [6, 6.07) is 0. The molecule has 2 heterocycles. The Labute approximate surface area is 79.4 Å². The van der Waals surface area contributed by atoms with Crippen molar-refractivity contribution < 1.29 is 4.74 Å². The van der Waals surface area contributed by atoms with Crippen molar-refractivity contribution in [2.24, 2.45) is 5.92 Å². The normalized spacial score (nSPS) is 44.8. The SMILES string of the molecule is CC1(C)OC2(CCl)CCC1CC2. The van der Waals surface area contributed by atoms with Crippen molar-refractivity contribution in [3.8, 4) is 0 Å². The minimum atomic E-state index is 0.0276. The Morgan fingerprint density at radius 1 is 1.33 bits per heavy atom. The summed E-state index contributed by atoms with van der Waals surface area (Å²) in [6.07, 6.45) is 4.95. The zero-order valence-electron chi connectivity index (χ0n) is 7.90. The van der Waals surface area contributed by atoms with Crippen LogP contribution in [0.25, 0.3) is 0 Å². The van der Waals surface area contributed by atoms with Crippen LogP contribution in [0.2, 0.25) is 0 Å². The first-order valence-corrected chi connectivity index (χ1v) is 5.38. The fourth-order valence-electron chi connectivity index (χ4n) is 2.74. The number of halogens is 1. The van der Waals surface area contributed by atoms with Gasteiger partial charge in [-0.3, -0.25) is 0 Å². The predicted octanol–water partition coefficient (Wildman–Crippen LogP) is 2.96. The Morgan fingerprint density at radius 3 is 2.25 bits per heavy atom. The zero-order chi connectivity index (χ0) is 8.82. The summed E-state index contributed by atoms with van der Waals surface area (Å²) >= 11 is 5.96. The van der Waals surface area contributed by atoms with E-state index in [9.17, 15) is 0 Å². The molecule has 2 saturated heterocycles. The molecule has 0 aromatic rings. The van der Waals surface area contributed by atoms with Crippen molar-refractivity contribution in [3.63, 3.8) is 0 Å². The molecule has 0 N–H and O–H groups in total. The minimum absolute atomic E-state index is 0.0276. The fourth-order valence-corrected chi connectivity index (χ4v) is 3.07. The summed E-state index contributed by atoms with van der Waals surface area (Å²) in [6.45, 7) is 4.41. The molecule has 0 unspecified atom stereocenters. The van der Waals surface area contributed by atoms with E-state index in [4.69, 9.17) is 16.3 Å². The molecule has 12 heavy (non-hydrogen) atoms. The summed E-state index contributed by atoms with van der Waals surface area (Å²) in [4.78, 5) is 0. The number of hydrogen-bond donors (Lipinski definition) is 0. The standard InChI is InChI=1S/C10H17ClO/c1-9(2)8-3-5-10(7-11,12-9)6-4-8/h8H,3-7H2,1-2H3. The lowest BCUT2D eigenvalue weighted by molar-refractivity contribution is -0.227. The van der Waals surface area contributed by atoms with E-state index in [2.05, 4.69) is 13.8 Å². The van der Waals surface area contributed by atoms with Crippen LogP contribution in [0.1, 0.15) is 39.5 Å². The molecule has 0 amide bonds. The van der Waals surface area contributed by atoms with Gasteiger partial charge in [0.15, 0.2) is 0 Å². The van der Waals surface area contributed by atoms with Crippen molar-refractivity contribution >= 4 is 11.6 Å². The maximum absolute atomic E-state index is 6.08. The molecule has 2 bridgehead atoms. The number of rotatable bonds is 1. The summed E-state index contributed by atoms with van der Waals surface area (Å²) in [7, 11) is 0. The number of fused-ring (bicyclic) bond motifs is 3. The average Bonchev–Trinajstić information content (AvgIpc) is 2.04. The molecule has 1 nitrogen and oxygen atoms in total. The highest BCUT2D eigenvalue weighted by molar-refractivity contribution is 6.18. The summed E-state index contributed by atoms with van der Waals surface area (Å²) in [5, 5.41) is 0. The Balaban J connectivity index is 2.20. The third-order valence-electron chi connectivity index (χ3n) is 3.60. The molecule has 3 rings (SSSR count). The lowest BCUT2D eigenvalue weighted by atomic mass is 9.69. The van der Waals surface area contributed by atoms with Crippen LogP contribution in [0.4, 0.5) is 0 Å². The third-order valence-corrected chi connectivity index (χ3v) is 4.09. The van der Waals surface area contributed by atoms with Gasteiger partial charge in [0, 0.05) is 0 Å². The lowest BCUT2D eigenvalue weighted by Gasteiger charge is -2.54. The van der Waals surface area contributed by atoms with Crippen LogP contribution < -0.4 is 0 Å². The van der Waals surface area contributed by atoms with Gasteiger partial charge in [0.2, 0.25) is 0 Å². The smallest absolute Gasteiger partial charge is 0.0824 e. The van der Waals surface area contributed by atoms with Gasteiger partial charge in [0.25, 0.3) is 0 Å². The van der Waals surface area contributed by atoms with Gasteiger partial charge in [-0.25, -0.2) is 0 Å². The molecule has 0 radical (unpaired) electrons. The first-order valence-electron chi connectivity index (χ1n) is 4.84. The van der Waals surface area contributed by atoms with Gasteiger partial charge in [-0.2, -0.15) is 0 Å². The van der Waals surface area contributed by atoms with Crippen LogP contribution in [0, 0.1) is 5.92 Å². The van der Waals surface area contributed by atoms with Crippen LogP contribution in [0.15, 0.2) is 0 Å². The second kappa shape index (κ2) is 2.62.